The molecule has 1 atom stereocenters. The summed E-state index contributed by atoms with van der Waals surface area (Å²) in [5, 5.41) is 0. The van der Waals surface area contributed by atoms with E-state index in [4.69, 9.17) is 9.16 Å². The molecule has 0 aromatic rings. The Hall–Kier alpha value is -0.613. The monoisotopic (exact) mass is 286 g/mol. The lowest BCUT2D eigenvalue weighted by atomic mass is 10.3. The Morgan fingerprint density at radius 2 is 1.84 bits per heavy atom. The fourth-order valence-corrected chi connectivity index (χ4v) is 5.76. The second-order valence-corrected chi connectivity index (χ2v) is 9.70. The highest BCUT2D eigenvalue weighted by molar-refractivity contribution is 6.73. The topological polar surface area (TPSA) is 35.5 Å². The van der Waals surface area contributed by atoms with Gasteiger partial charge in [-0.25, -0.2) is 4.79 Å². The van der Waals surface area contributed by atoms with E-state index in [1.807, 2.05) is 7.11 Å². The summed E-state index contributed by atoms with van der Waals surface area (Å²) in [5.74, 6) is -0.278. The number of rotatable bonds is 11. The lowest BCUT2D eigenvalue weighted by molar-refractivity contribution is -0.139. The van der Waals surface area contributed by atoms with Crippen LogP contribution in [0.25, 0.3) is 0 Å². The molecule has 0 fully saturated rings. The van der Waals surface area contributed by atoms with Gasteiger partial charge in [0.05, 0.1) is 6.61 Å². The summed E-state index contributed by atoms with van der Waals surface area (Å²) in [6.45, 7) is 10.2. The Labute approximate surface area is 119 Å². The van der Waals surface area contributed by atoms with E-state index in [1.165, 1.54) is 31.0 Å². The number of hydrogen-bond acceptors (Lipinski definition) is 3. The second-order valence-electron chi connectivity index (χ2n) is 5.22. The van der Waals surface area contributed by atoms with Crippen LogP contribution >= 0.6 is 0 Å². The molecule has 0 amide bonds. The lowest BCUT2D eigenvalue weighted by Gasteiger charge is -2.28. The molecule has 0 radical (unpaired) electrons. The molecule has 112 valence electrons. The van der Waals surface area contributed by atoms with Crippen LogP contribution in [0.3, 0.4) is 0 Å². The molecule has 0 saturated carbocycles. The Kier molecular flexibility index (Phi) is 9.88. The molecule has 0 bridgehead atoms. The van der Waals surface area contributed by atoms with Crippen LogP contribution in [-0.4, -0.2) is 28.0 Å². The first-order chi connectivity index (χ1) is 9.01. The van der Waals surface area contributed by atoms with E-state index in [0.717, 1.165) is 12.8 Å². The third-order valence-electron chi connectivity index (χ3n) is 3.64. The summed E-state index contributed by atoms with van der Waals surface area (Å²) < 4.78 is 10.9. The maximum Gasteiger partial charge on any atom is 0.333 e. The molecule has 0 saturated heterocycles. The number of ether oxygens (including phenoxy) is 1. The van der Waals surface area contributed by atoms with Gasteiger partial charge in [-0.3, -0.25) is 0 Å². The zero-order valence-electron chi connectivity index (χ0n) is 13.1. The minimum absolute atomic E-state index is 0.278. The minimum Gasteiger partial charge on any atom is -0.462 e. The van der Waals surface area contributed by atoms with Gasteiger partial charge in [-0.1, -0.05) is 39.7 Å². The molecule has 0 aliphatic rings. The summed E-state index contributed by atoms with van der Waals surface area (Å²) >= 11 is 0. The van der Waals surface area contributed by atoms with Crippen LogP contribution in [0.1, 0.15) is 46.5 Å². The number of esters is 1. The van der Waals surface area contributed by atoms with Crippen LogP contribution in [0, 0.1) is 0 Å². The van der Waals surface area contributed by atoms with Crippen molar-refractivity contribution in [1.29, 1.82) is 0 Å². The number of hydrogen-bond donors (Lipinski definition) is 0. The summed E-state index contributed by atoms with van der Waals surface area (Å²) in [6.07, 6.45) is 4.43. The SMILES string of the molecule is C=C(C)C(=O)OCCCCC[Si](CC)(CCC)OC. The van der Waals surface area contributed by atoms with Crippen molar-refractivity contribution in [3.05, 3.63) is 12.2 Å². The zero-order chi connectivity index (χ0) is 14.7. The van der Waals surface area contributed by atoms with Gasteiger partial charge in [0.2, 0.25) is 0 Å². The van der Waals surface area contributed by atoms with Gasteiger partial charge in [0, 0.05) is 12.7 Å². The molecule has 0 heterocycles. The first-order valence-corrected chi connectivity index (χ1v) is 9.92. The van der Waals surface area contributed by atoms with Crippen molar-refractivity contribution in [2.24, 2.45) is 0 Å². The molecule has 0 N–H and O–H groups in total. The first-order valence-electron chi connectivity index (χ1n) is 7.39. The van der Waals surface area contributed by atoms with Gasteiger partial charge in [-0.15, -0.1) is 0 Å². The predicted molar refractivity (Wildman–Crippen MR) is 82.8 cm³/mol. The Morgan fingerprint density at radius 3 is 2.32 bits per heavy atom. The highest BCUT2D eigenvalue weighted by Gasteiger charge is 2.29. The fraction of sp³-hybridized carbons (Fsp3) is 0.800. The molecular formula is C15H30O3Si. The third kappa shape index (κ3) is 7.53. The van der Waals surface area contributed by atoms with Gasteiger partial charge in [-0.05, 0) is 31.5 Å². The van der Waals surface area contributed by atoms with Crippen LogP contribution in [0.2, 0.25) is 18.1 Å². The molecule has 0 aromatic heterocycles. The van der Waals surface area contributed by atoms with E-state index in [2.05, 4.69) is 20.4 Å². The van der Waals surface area contributed by atoms with E-state index in [-0.39, 0.29) is 5.97 Å². The Balaban J connectivity index is 3.77. The molecule has 1 unspecified atom stereocenters. The van der Waals surface area contributed by atoms with E-state index in [9.17, 15) is 4.79 Å². The normalized spacial score (nSPS) is 13.9. The van der Waals surface area contributed by atoms with Gasteiger partial charge < -0.3 is 9.16 Å². The van der Waals surface area contributed by atoms with Gasteiger partial charge in [0.15, 0.2) is 8.32 Å². The van der Waals surface area contributed by atoms with Crippen molar-refractivity contribution < 1.29 is 14.0 Å². The average molecular weight is 286 g/mol. The number of carbonyl (C=O) groups is 1. The van der Waals surface area contributed by atoms with Crippen molar-refractivity contribution >= 4 is 14.3 Å². The number of unbranched alkanes of at least 4 members (excludes halogenated alkanes) is 2. The van der Waals surface area contributed by atoms with Crippen molar-refractivity contribution in [1.82, 2.24) is 0 Å². The second kappa shape index (κ2) is 10.2. The van der Waals surface area contributed by atoms with E-state index < -0.39 is 8.32 Å². The molecule has 0 spiro atoms. The molecule has 0 aliphatic heterocycles. The summed E-state index contributed by atoms with van der Waals surface area (Å²) in [5.41, 5.74) is 0.472. The summed E-state index contributed by atoms with van der Waals surface area (Å²) in [4.78, 5) is 11.2. The van der Waals surface area contributed by atoms with Gasteiger partial charge >= 0.3 is 5.97 Å². The number of carbonyl (C=O) groups excluding carboxylic acids is 1. The van der Waals surface area contributed by atoms with Crippen molar-refractivity contribution in [2.75, 3.05) is 13.7 Å². The van der Waals surface area contributed by atoms with Crippen molar-refractivity contribution in [3.63, 3.8) is 0 Å². The van der Waals surface area contributed by atoms with Gasteiger partial charge in [-0.2, -0.15) is 0 Å². The van der Waals surface area contributed by atoms with Crippen molar-refractivity contribution in [3.8, 4) is 0 Å². The Morgan fingerprint density at radius 1 is 1.16 bits per heavy atom. The van der Waals surface area contributed by atoms with E-state index in [0.29, 0.717) is 12.2 Å². The van der Waals surface area contributed by atoms with Crippen LogP contribution in [0.5, 0.6) is 0 Å². The highest BCUT2D eigenvalue weighted by atomic mass is 28.4. The standard InChI is InChI=1S/C15H30O3Si/c1-6-12-19(7-2,17-5)13-10-8-9-11-18-15(16)14(3)4/h3,6-13H2,1-2,4-5H3. The molecule has 4 heteroatoms. The molecule has 19 heavy (non-hydrogen) atoms. The fourth-order valence-electron chi connectivity index (χ4n) is 2.30. The quantitative estimate of drug-likeness (QED) is 0.246. The lowest BCUT2D eigenvalue weighted by Crippen LogP contribution is -2.35. The van der Waals surface area contributed by atoms with Crippen LogP contribution < -0.4 is 0 Å². The summed E-state index contributed by atoms with van der Waals surface area (Å²) in [6, 6.07) is 3.68. The first kappa shape index (κ1) is 18.4. The zero-order valence-corrected chi connectivity index (χ0v) is 14.1. The third-order valence-corrected chi connectivity index (χ3v) is 8.47. The largest absolute Gasteiger partial charge is 0.462 e. The molecule has 0 aliphatic carbocycles. The molecule has 0 aromatic carbocycles. The minimum atomic E-state index is -1.47. The highest BCUT2D eigenvalue weighted by Crippen LogP contribution is 2.25. The molecule has 0 rings (SSSR count). The molecular weight excluding hydrogens is 256 g/mol. The van der Waals surface area contributed by atoms with Crippen LogP contribution in [-0.2, 0) is 14.0 Å². The van der Waals surface area contributed by atoms with Crippen LogP contribution in [0.15, 0.2) is 12.2 Å². The van der Waals surface area contributed by atoms with Gasteiger partial charge in [0.25, 0.3) is 0 Å². The maximum atomic E-state index is 11.2. The maximum absolute atomic E-state index is 11.2. The summed E-state index contributed by atoms with van der Waals surface area (Å²) in [7, 11) is 0.410. The van der Waals surface area contributed by atoms with Gasteiger partial charge in [0.1, 0.15) is 0 Å². The molecule has 3 nitrogen and oxygen atoms in total. The van der Waals surface area contributed by atoms with E-state index in [1.54, 1.807) is 6.92 Å². The average Bonchev–Trinajstić information content (AvgIpc) is 2.41. The van der Waals surface area contributed by atoms with E-state index >= 15 is 0 Å². The van der Waals surface area contributed by atoms with Crippen LogP contribution in [0.4, 0.5) is 0 Å². The van der Waals surface area contributed by atoms with Crippen molar-refractivity contribution in [2.45, 2.75) is 64.6 Å². The smallest absolute Gasteiger partial charge is 0.333 e. The Bertz CT molecular complexity index is 273. The predicted octanol–water partition coefficient (Wildman–Crippen LogP) is 4.30.